The molecule has 0 aliphatic carbocycles. The number of benzene rings is 1. The summed E-state index contributed by atoms with van der Waals surface area (Å²) < 4.78 is 11.7. The van der Waals surface area contributed by atoms with E-state index in [2.05, 4.69) is 19.2 Å². The highest BCUT2D eigenvalue weighted by Gasteiger charge is 2.29. The molecule has 24 heavy (non-hydrogen) atoms. The first-order valence-electron chi connectivity index (χ1n) is 8.27. The van der Waals surface area contributed by atoms with Crippen molar-refractivity contribution < 1.29 is 18.9 Å². The van der Waals surface area contributed by atoms with Gasteiger partial charge in [-0.15, -0.1) is 0 Å². The van der Waals surface area contributed by atoms with E-state index in [-0.39, 0.29) is 24.2 Å². The van der Waals surface area contributed by atoms with E-state index in [0.717, 1.165) is 18.3 Å². The predicted molar refractivity (Wildman–Crippen MR) is 93.8 cm³/mol. The Labute approximate surface area is 143 Å². The number of carbonyl (C=O) groups is 2. The molecule has 0 radical (unpaired) electrons. The Morgan fingerprint density at radius 1 is 1.29 bits per heavy atom. The van der Waals surface area contributed by atoms with Crippen LogP contribution in [0.5, 0.6) is 0 Å². The summed E-state index contributed by atoms with van der Waals surface area (Å²) in [4.78, 5) is 22.5. The molecule has 0 saturated carbocycles. The standard InChI is InChI=1S/C17H25BN2O4/c1-17(2)9-4-10-23-18(24-12-17)13-5-3-6-14(11-13)20-16(22)8-7-15(19)21/h3,5-6,11H,4,7-10,12H2,1-2H3,(H2,19,21)(H,20,22). The highest BCUT2D eigenvalue weighted by atomic mass is 16.6. The van der Waals surface area contributed by atoms with Gasteiger partial charge in [0, 0.05) is 31.7 Å². The molecule has 1 aliphatic rings. The van der Waals surface area contributed by atoms with Crippen LogP contribution >= 0.6 is 0 Å². The van der Waals surface area contributed by atoms with Crippen LogP contribution in [-0.4, -0.2) is 32.1 Å². The molecule has 0 spiro atoms. The first-order chi connectivity index (χ1) is 11.4. The van der Waals surface area contributed by atoms with Gasteiger partial charge in [0.15, 0.2) is 0 Å². The number of nitrogens with two attached hydrogens (primary N) is 1. The lowest BCUT2D eigenvalue weighted by Gasteiger charge is -2.29. The fraction of sp³-hybridized carbons (Fsp3) is 0.529. The van der Waals surface area contributed by atoms with Crippen LogP contribution in [0.4, 0.5) is 5.69 Å². The number of hydrogen-bond acceptors (Lipinski definition) is 4. The Bertz CT molecular complexity index is 592. The van der Waals surface area contributed by atoms with E-state index in [1.165, 1.54) is 0 Å². The summed E-state index contributed by atoms with van der Waals surface area (Å²) in [6.07, 6.45) is 2.17. The molecule has 2 amide bonds. The number of nitrogens with one attached hydrogen (secondary N) is 1. The van der Waals surface area contributed by atoms with Crippen LogP contribution in [0.2, 0.25) is 0 Å². The van der Waals surface area contributed by atoms with Crippen LogP contribution < -0.4 is 16.5 Å². The van der Waals surface area contributed by atoms with Crippen LogP contribution in [0.3, 0.4) is 0 Å². The van der Waals surface area contributed by atoms with Crippen LogP contribution in [0.25, 0.3) is 0 Å². The molecule has 0 aromatic heterocycles. The number of anilines is 1. The van der Waals surface area contributed by atoms with Gasteiger partial charge >= 0.3 is 7.12 Å². The zero-order chi connectivity index (χ0) is 17.6. The summed E-state index contributed by atoms with van der Waals surface area (Å²) in [5.74, 6) is -0.732. The van der Waals surface area contributed by atoms with E-state index in [1.807, 2.05) is 18.2 Å². The van der Waals surface area contributed by atoms with Gasteiger partial charge in [-0.3, -0.25) is 9.59 Å². The first-order valence-corrected chi connectivity index (χ1v) is 8.27. The molecule has 1 aromatic rings. The lowest BCUT2D eigenvalue weighted by Crippen LogP contribution is -2.41. The van der Waals surface area contributed by atoms with Gasteiger partial charge in [0.2, 0.25) is 11.8 Å². The van der Waals surface area contributed by atoms with E-state index in [9.17, 15) is 9.59 Å². The van der Waals surface area contributed by atoms with Crippen molar-refractivity contribution in [1.82, 2.24) is 0 Å². The third-order valence-corrected chi connectivity index (χ3v) is 3.93. The average molecular weight is 332 g/mol. The lowest BCUT2D eigenvalue weighted by atomic mass is 9.76. The summed E-state index contributed by atoms with van der Waals surface area (Å²) in [6.45, 7) is 5.63. The number of carbonyl (C=O) groups excluding carboxylic acids is 2. The Morgan fingerprint density at radius 2 is 2.08 bits per heavy atom. The second-order valence-electron chi connectivity index (χ2n) is 6.92. The molecule has 1 fully saturated rings. The smallest absolute Gasteiger partial charge is 0.407 e. The lowest BCUT2D eigenvalue weighted by molar-refractivity contribution is -0.122. The Balaban J connectivity index is 2.00. The molecule has 130 valence electrons. The largest absolute Gasteiger partial charge is 0.493 e. The van der Waals surface area contributed by atoms with Gasteiger partial charge in [-0.1, -0.05) is 26.0 Å². The first kappa shape index (κ1) is 18.5. The van der Waals surface area contributed by atoms with E-state index in [4.69, 9.17) is 15.0 Å². The molecule has 1 heterocycles. The zero-order valence-electron chi connectivity index (χ0n) is 14.3. The van der Waals surface area contributed by atoms with Crippen LogP contribution in [-0.2, 0) is 18.9 Å². The minimum atomic E-state index is -0.488. The quantitative estimate of drug-likeness (QED) is 0.798. The normalized spacial score (nSPS) is 17.7. The molecule has 6 nitrogen and oxygen atoms in total. The minimum absolute atomic E-state index is 0.0372. The van der Waals surface area contributed by atoms with Gasteiger partial charge in [-0.2, -0.15) is 0 Å². The summed E-state index contributed by atoms with van der Waals surface area (Å²) in [6, 6.07) is 7.38. The van der Waals surface area contributed by atoms with Gasteiger partial charge in [-0.05, 0) is 35.9 Å². The van der Waals surface area contributed by atoms with Crippen molar-refractivity contribution in [3.05, 3.63) is 24.3 Å². The summed E-state index contributed by atoms with van der Waals surface area (Å²) in [5, 5.41) is 2.76. The van der Waals surface area contributed by atoms with Crippen molar-refractivity contribution in [2.45, 2.75) is 39.5 Å². The second kappa shape index (κ2) is 8.30. The highest BCUT2D eigenvalue weighted by molar-refractivity contribution is 6.61. The third-order valence-electron chi connectivity index (χ3n) is 3.93. The highest BCUT2D eigenvalue weighted by Crippen LogP contribution is 2.24. The molecule has 3 N–H and O–H groups in total. The Morgan fingerprint density at radius 3 is 2.83 bits per heavy atom. The molecule has 0 unspecified atom stereocenters. The number of rotatable bonds is 5. The van der Waals surface area contributed by atoms with Crippen molar-refractivity contribution in [3.63, 3.8) is 0 Å². The van der Waals surface area contributed by atoms with Gasteiger partial charge in [0.05, 0.1) is 0 Å². The second-order valence-corrected chi connectivity index (χ2v) is 6.92. The van der Waals surface area contributed by atoms with Crippen molar-refractivity contribution in [3.8, 4) is 0 Å². The Hall–Kier alpha value is -1.86. The molecule has 1 saturated heterocycles. The summed E-state index contributed by atoms with van der Waals surface area (Å²) >= 11 is 0. The molecule has 0 bridgehead atoms. The van der Waals surface area contributed by atoms with Crippen molar-refractivity contribution in [2.24, 2.45) is 11.1 Å². The van der Waals surface area contributed by atoms with E-state index >= 15 is 0 Å². The molecule has 1 aliphatic heterocycles. The van der Waals surface area contributed by atoms with E-state index < -0.39 is 13.0 Å². The van der Waals surface area contributed by atoms with Crippen molar-refractivity contribution >= 4 is 30.1 Å². The number of hydrogen-bond donors (Lipinski definition) is 2. The number of amides is 2. The fourth-order valence-electron chi connectivity index (χ4n) is 2.58. The monoisotopic (exact) mass is 332 g/mol. The van der Waals surface area contributed by atoms with Gasteiger partial charge < -0.3 is 20.4 Å². The maximum Gasteiger partial charge on any atom is 0.493 e. The van der Waals surface area contributed by atoms with Crippen LogP contribution in [0.1, 0.15) is 39.5 Å². The molecule has 2 rings (SSSR count). The van der Waals surface area contributed by atoms with Crippen LogP contribution in [0, 0.1) is 5.41 Å². The fourth-order valence-corrected chi connectivity index (χ4v) is 2.58. The average Bonchev–Trinajstić information content (AvgIpc) is 2.50. The predicted octanol–water partition coefficient (Wildman–Crippen LogP) is 1.44. The molecule has 1 aromatic carbocycles. The van der Waals surface area contributed by atoms with Crippen molar-refractivity contribution in [1.29, 1.82) is 0 Å². The number of primary amides is 1. The maximum absolute atomic E-state index is 11.8. The van der Waals surface area contributed by atoms with Crippen molar-refractivity contribution in [2.75, 3.05) is 18.5 Å². The van der Waals surface area contributed by atoms with E-state index in [0.29, 0.717) is 18.9 Å². The van der Waals surface area contributed by atoms with Gasteiger partial charge in [0.1, 0.15) is 0 Å². The zero-order valence-corrected chi connectivity index (χ0v) is 14.3. The summed E-state index contributed by atoms with van der Waals surface area (Å²) in [5.41, 5.74) is 6.69. The van der Waals surface area contributed by atoms with E-state index in [1.54, 1.807) is 6.07 Å². The summed E-state index contributed by atoms with van der Waals surface area (Å²) in [7, 11) is -0.438. The van der Waals surface area contributed by atoms with Crippen LogP contribution in [0.15, 0.2) is 24.3 Å². The maximum atomic E-state index is 11.8. The Kier molecular flexibility index (Phi) is 6.40. The molecular weight excluding hydrogens is 307 g/mol. The van der Waals surface area contributed by atoms with Gasteiger partial charge in [-0.25, -0.2) is 0 Å². The molecule has 0 atom stereocenters. The minimum Gasteiger partial charge on any atom is -0.407 e. The topological polar surface area (TPSA) is 90.6 Å². The third kappa shape index (κ3) is 5.98. The molecule has 7 heteroatoms. The molecular formula is C17H25BN2O4. The van der Waals surface area contributed by atoms with Gasteiger partial charge in [0.25, 0.3) is 0 Å². The SMILES string of the molecule is CC1(C)CCCOB(c2cccc(NC(=O)CCC(N)=O)c2)OC1.